The molecule has 0 saturated heterocycles. The number of thiophene rings is 1. The van der Waals surface area contributed by atoms with Gasteiger partial charge in [0.05, 0.1) is 0 Å². The van der Waals surface area contributed by atoms with Crippen molar-refractivity contribution in [1.82, 2.24) is 0 Å². The lowest BCUT2D eigenvalue weighted by Crippen LogP contribution is -1.84. The Bertz CT molecular complexity index is 153. The Hall–Kier alpha value is -0.300. The third kappa shape index (κ3) is 1.55. The molecule has 1 aromatic heterocycles. The molecule has 0 N–H and O–H groups in total. The molecule has 9 heavy (non-hydrogen) atoms. The minimum Gasteiger partial charge on any atom is -0.149 e. The summed E-state index contributed by atoms with van der Waals surface area (Å²) < 4.78 is 0. The van der Waals surface area contributed by atoms with Gasteiger partial charge in [-0.05, 0) is 30.7 Å². The van der Waals surface area contributed by atoms with E-state index in [9.17, 15) is 0 Å². The van der Waals surface area contributed by atoms with E-state index < -0.39 is 0 Å². The molecule has 1 aromatic rings. The van der Waals surface area contributed by atoms with Gasteiger partial charge < -0.3 is 0 Å². The first kappa shape index (κ1) is 6.81. The van der Waals surface area contributed by atoms with E-state index in [1.165, 1.54) is 4.88 Å². The second-order valence-electron chi connectivity index (χ2n) is 2.12. The SMILES string of the molecule is [CH2]C(CC)c1cccs1. The fraction of sp³-hybridized carbons (Fsp3) is 0.375. The maximum Gasteiger partial charge on any atom is 0.00760 e. The maximum atomic E-state index is 4.01. The van der Waals surface area contributed by atoms with Crippen LogP contribution in [0.1, 0.15) is 24.1 Å². The highest BCUT2D eigenvalue weighted by Crippen LogP contribution is 2.22. The highest BCUT2D eigenvalue weighted by molar-refractivity contribution is 7.10. The summed E-state index contributed by atoms with van der Waals surface area (Å²) in [7, 11) is 0. The highest BCUT2D eigenvalue weighted by atomic mass is 32.1. The molecule has 0 spiro atoms. The van der Waals surface area contributed by atoms with Crippen LogP contribution in [0.3, 0.4) is 0 Å². The predicted molar refractivity (Wildman–Crippen MR) is 42.7 cm³/mol. The Labute approximate surface area is 60.5 Å². The van der Waals surface area contributed by atoms with Gasteiger partial charge in [-0.1, -0.05) is 13.0 Å². The molecule has 0 aliphatic heterocycles. The third-order valence-corrected chi connectivity index (χ3v) is 2.47. The fourth-order valence-corrected chi connectivity index (χ4v) is 1.56. The van der Waals surface area contributed by atoms with Crippen LogP contribution in [0.4, 0.5) is 0 Å². The first-order valence-electron chi connectivity index (χ1n) is 3.21. The maximum absolute atomic E-state index is 4.01. The summed E-state index contributed by atoms with van der Waals surface area (Å²) in [6.07, 6.45) is 1.14. The lowest BCUT2D eigenvalue weighted by Gasteiger charge is -2.01. The third-order valence-electron chi connectivity index (χ3n) is 1.44. The normalized spacial score (nSPS) is 13.6. The second-order valence-corrected chi connectivity index (χ2v) is 3.10. The Balaban J connectivity index is 2.65. The van der Waals surface area contributed by atoms with E-state index >= 15 is 0 Å². The monoisotopic (exact) mass is 139 g/mol. The molecule has 0 nitrogen and oxygen atoms in total. The van der Waals surface area contributed by atoms with Crippen LogP contribution in [0.5, 0.6) is 0 Å². The molecular formula is C8H11S. The van der Waals surface area contributed by atoms with Gasteiger partial charge in [-0.15, -0.1) is 11.3 Å². The first-order chi connectivity index (χ1) is 4.34. The summed E-state index contributed by atoms with van der Waals surface area (Å²) in [6.45, 7) is 6.17. The molecule has 1 heteroatoms. The summed E-state index contributed by atoms with van der Waals surface area (Å²) >= 11 is 1.79. The number of hydrogen-bond acceptors (Lipinski definition) is 1. The molecule has 49 valence electrons. The van der Waals surface area contributed by atoms with Gasteiger partial charge in [0.1, 0.15) is 0 Å². The van der Waals surface area contributed by atoms with Gasteiger partial charge in [-0.25, -0.2) is 0 Å². The van der Waals surface area contributed by atoms with Crippen molar-refractivity contribution < 1.29 is 0 Å². The molecule has 0 bridgehead atoms. The largest absolute Gasteiger partial charge is 0.149 e. The quantitative estimate of drug-likeness (QED) is 0.590. The van der Waals surface area contributed by atoms with Gasteiger partial charge >= 0.3 is 0 Å². The van der Waals surface area contributed by atoms with Crippen molar-refractivity contribution in [3.8, 4) is 0 Å². The molecule has 1 heterocycles. The molecule has 0 saturated carbocycles. The average molecular weight is 139 g/mol. The van der Waals surface area contributed by atoms with Crippen LogP contribution >= 0.6 is 11.3 Å². The summed E-state index contributed by atoms with van der Waals surface area (Å²) in [4.78, 5) is 1.40. The Morgan fingerprint density at radius 3 is 3.00 bits per heavy atom. The summed E-state index contributed by atoms with van der Waals surface area (Å²) in [5.41, 5.74) is 0. The van der Waals surface area contributed by atoms with E-state index in [1.54, 1.807) is 11.3 Å². The van der Waals surface area contributed by atoms with E-state index in [0.29, 0.717) is 5.92 Å². The van der Waals surface area contributed by atoms with Gasteiger partial charge in [0.15, 0.2) is 0 Å². The van der Waals surface area contributed by atoms with Crippen molar-refractivity contribution in [2.75, 3.05) is 0 Å². The Morgan fingerprint density at radius 1 is 1.78 bits per heavy atom. The van der Waals surface area contributed by atoms with Crippen molar-refractivity contribution in [1.29, 1.82) is 0 Å². The molecule has 1 unspecified atom stereocenters. The van der Waals surface area contributed by atoms with Crippen LogP contribution in [0.25, 0.3) is 0 Å². The van der Waals surface area contributed by atoms with Gasteiger partial charge in [0, 0.05) is 4.88 Å². The standard InChI is InChI=1S/C8H11S/c1-3-7(2)8-5-4-6-9-8/h4-7H,2-3H2,1H3. The smallest absolute Gasteiger partial charge is 0.00760 e. The number of hydrogen-bond donors (Lipinski definition) is 0. The van der Waals surface area contributed by atoms with E-state index in [1.807, 2.05) is 0 Å². The molecule has 0 aliphatic carbocycles. The minimum atomic E-state index is 0.505. The van der Waals surface area contributed by atoms with Crippen molar-refractivity contribution in [3.05, 3.63) is 29.3 Å². The number of rotatable bonds is 2. The van der Waals surface area contributed by atoms with E-state index in [0.717, 1.165) is 6.42 Å². The summed E-state index contributed by atoms with van der Waals surface area (Å²) in [5.74, 6) is 0.505. The van der Waals surface area contributed by atoms with Gasteiger partial charge in [-0.2, -0.15) is 0 Å². The van der Waals surface area contributed by atoms with E-state index in [4.69, 9.17) is 0 Å². The molecule has 0 fully saturated rings. The zero-order chi connectivity index (χ0) is 6.69. The van der Waals surface area contributed by atoms with Crippen molar-refractivity contribution in [3.63, 3.8) is 0 Å². The summed E-state index contributed by atoms with van der Waals surface area (Å²) in [5, 5.41) is 2.10. The first-order valence-corrected chi connectivity index (χ1v) is 4.09. The summed E-state index contributed by atoms with van der Waals surface area (Å²) in [6, 6.07) is 4.22. The van der Waals surface area contributed by atoms with Crippen LogP contribution in [-0.2, 0) is 0 Å². The molecule has 0 aromatic carbocycles. The van der Waals surface area contributed by atoms with Crippen molar-refractivity contribution in [2.24, 2.45) is 0 Å². The molecule has 1 radical (unpaired) electrons. The highest BCUT2D eigenvalue weighted by Gasteiger charge is 2.01. The average Bonchev–Trinajstić information content (AvgIpc) is 2.37. The zero-order valence-electron chi connectivity index (χ0n) is 5.63. The Kier molecular flexibility index (Phi) is 2.29. The van der Waals surface area contributed by atoms with Crippen LogP contribution in [0.15, 0.2) is 17.5 Å². The lowest BCUT2D eigenvalue weighted by molar-refractivity contribution is 0.818. The predicted octanol–water partition coefficient (Wildman–Crippen LogP) is 3.08. The minimum absolute atomic E-state index is 0.505. The molecular weight excluding hydrogens is 128 g/mol. The van der Waals surface area contributed by atoms with Crippen LogP contribution < -0.4 is 0 Å². The van der Waals surface area contributed by atoms with Crippen LogP contribution in [0.2, 0.25) is 0 Å². The topological polar surface area (TPSA) is 0 Å². The van der Waals surface area contributed by atoms with E-state index in [-0.39, 0.29) is 0 Å². The van der Waals surface area contributed by atoms with Gasteiger partial charge in [0.2, 0.25) is 0 Å². The van der Waals surface area contributed by atoms with Crippen molar-refractivity contribution in [2.45, 2.75) is 19.3 Å². The Morgan fingerprint density at radius 2 is 2.56 bits per heavy atom. The van der Waals surface area contributed by atoms with E-state index in [2.05, 4.69) is 31.4 Å². The molecule has 1 rings (SSSR count). The van der Waals surface area contributed by atoms with Crippen molar-refractivity contribution >= 4 is 11.3 Å². The lowest BCUT2D eigenvalue weighted by atomic mass is 10.1. The second kappa shape index (κ2) is 3.02. The molecule has 0 amide bonds. The van der Waals surface area contributed by atoms with Crippen LogP contribution in [-0.4, -0.2) is 0 Å². The fourth-order valence-electron chi connectivity index (χ4n) is 0.725. The van der Waals surface area contributed by atoms with Gasteiger partial charge in [-0.3, -0.25) is 0 Å². The molecule has 1 atom stereocenters. The molecule has 0 aliphatic rings. The zero-order valence-corrected chi connectivity index (χ0v) is 6.45. The van der Waals surface area contributed by atoms with Gasteiger partial charge in [0.25, 0.3) is 0 Å². The van der Waals surface area contributed by atoms with Crippen LogP contribution in [0, 0.1) is 6.92 Å².